The number of fused-ring (bicyclic) bond motifs is 1. The zero-order chi connectivity index (χ0) is 11.4. The molecule has 2 aromatic heterocycles. The summed E-state index contributed by atoms with van der Waals surface area (Å²) in [5.41, 5.74) is 1.68. The Hall–Kier alpha value is -1.68. The van der Waals surface area contributed by atoms with Gasteiger partial charge >= 0.3 is 0 Å². The van der Waals surface area contributed by atoms with Crippen molar-refractivity contribution in [2.75, 3.05) is 13.7 Å². The number of aryl methyl sites for hydroxylation is 1. The summed E-state index contributed by atoms with van der Waals surface area (Å²) in [6, 6.07) is 3.69. The zero-order valence-electron chi connectivity index (χ0n) is 9.22. The predicted octanol–water partition coefficient (Wildman–Crippen LogP) is 1.73. The van der Waals surface area contributed by atoms with Gasteiger partial charge < -0.3 is 9.14 Å². The van der Waals surface area contributed by atoms with Gasteiger partial charge in [0.15, 0.2) is 6.29 Å². The molecule has 0 radical (unpaired) electrons. The molecule has 0 aliphatic rings. The van der Waals surface area contributed by atoms with Crippen LogP contribution in [0.1, 0.15) is 22.6 Å². The average molecular weight is 218 g/mol. The van der Waals surface area contributed by atoms with Crippen LogP contribution in [0.15, 0.2) is 24.5 Å². The highest BCUT2D eigenvalue weighted by Crippen LogP contribution is 2.10. The third-order valence-electron chi connectivity index (χ3n) is 2.51. The molecule has 0 unspecified atom stereocenters. The van der Waals surface area contributed by atoms with E-state index < -0.39 is 0 Å². The highest BCUT2D eigenvalue weighted by Gasteiger charge is 2.03. The van der Waals surface area contributed by atoms with E-state index in [9.17, 15) is 4.79 Å². The van der Waals surface area contributed by atoms with E-state index in [4.69, 9.17) is 4.74 Å². The molecule has 0 aromatic carbocycles. The van der Waals surface area contributed by atoms with Gasteiger partial charge in [0.25, 0.3) is 0 Å². The van der Waals surface area contributed by atoms with Gasteiger partial charge in [-0.3, -0.25) is 4.79 Å². The van der Waals surface area contributed by atoms with Gasteiger partial charge in [-0.15, -0.1) is 0 Å². The average Bonchev–Trinajstić information content (AvgIpc) is 2.72. The number of carbonyl (C=O) groups excluding carboxylic acids is 1. The van der Waals surface area contributed by atoms with Crippen LogP contribution < -0.4 is 0 Å². The molecule has 4 heteroatoms. The van der Waals surface area contributed by atoms with Crippen LogP contribution in [0.5, 0.6) is 0 Å². The van der Waals surface area contributed by atoms with Gasteiger partial charge in [-0.1, -0.05) is 0 Å². The lowest BCUT2D eigenvalue weighted by Gasteiger charge is -2.01. The Bertz CT molecular complexity index is 491. The first-order chi connectivity index (χ1) is 7.85. The van der Waals surface area contributed by atoms with Crippen LogP contribution in [0, 0.1) is 0 Å². The van der Waals surface area contributed by atoms with Crippen molar-refractivity contribution in [3.63, 3.8) is 0 Å². The van der Waals surface area contributed by atoms with Crippen molar-refractivity contribution in [1.82, 2.24) is 9.38 Å². The fraction of sp³-hybridized carbons (Fsp3) is 0.333. The smallest absolute Gasteiger partial charge is 0.151 e. The van der Waals surface area contributed by atoms with Gasteiger partial charge in [-0.25, -0.2) is 4.98 Å². The maximum absolute atomic E-state index is 10.7. The van der Waals surface area contributed by atoms with Crippen LogP contribution in [-0.4, -0.2) is 29.4 Å². The Kier molecular flexibility index (Phi) is 3.31. The molecule has 0 saturated heterocycles. The first-order valence-corrected chi connectivity index (χ1v) is 5.25. The van der Waals surface area contributed by atoms with E-state index in [-0.39, 0.29) is 0 Å². The highest BCUT2D eigenvalue weighted by atomic mass is 16.5. The monoisotopic (exact) mass is 218 g/mol. The van der Waals surface area contributed by atoms with Gasteiger partial charge in [0.1, 0.15) is 5.82 Å². The fourth-order valence-electron chi connectivity index (χ4n) is 1.69. The minimum absolute atomic E-state index is 0.665. The molecule has 0 bridgehead atoms. The number of rotatable bonds is 5. The van der Waals surface area contributed by atoms with Crippen molar-refractivity contribution >= 4 is 11.8 Å². The van der Waals surface area contributed by atoms with Crippen LogP contribution in [-0.2, 0) is 11.2 Å². The second-order valence-electron chi connectivity index (χ2n) is 3.65. The van der Waals surface area contributed by atoms with Gasteiger partial charge in [0, 0.05) is 31.9 Å². The van der Waals surface area contributed by atoms with Crippen molar-refractivity contribution < 1.29 is 9.53 Å². The lowest BCUT2D eigenvalue weighted by molar-refractivity contribution is 0.112. The van der Waals surface area contributed by atoms with Crippen molar-refractivity contribution in [2.45, 2.75) is 12.8 Å². The van der Waals surface area contributed by atoms with E-state index in [2.05, 4.69) is 4.98 Å². The van der Waals surface area contributed by atoms with Gasteiger partial charge in [0.2, 0.25) is 0 Å². The van der Waals surface area contributed by atoms with Gasteiger partial charge in [0.05, 0.1) is 11.7 Å². The summed E-state index contributed by atoms with van der Waals surface area (Å²) < 4.78 is 6.96. The molecule has 2 aromatic rings. The van der Waals surface area contributed by atoms with Crippen molar-refractivity contribution in [3.05, 3.63) is 35.9 Å². The lowest BCUT2D eigenvalue weighted by atomic mass is 10.3. The number of aldehydes is 1. The number of aromatic nitrogens is 2. The third kappa shape index (κ3) is 2.12. The number of hydrogen-bond acceptors (Lipinski definition) is 3. The topological polar surface area (TPSA) is 43.6 Å². The summed E-state index contributed by atoms with van der Waals surface area (Å²) in [5.74, 6) is 0.968. The quantitative estimate of drug-likeness (QED) is 0.567. The normalized spacial score (nSPS) is 10.8. The van der Waals surface area contributed by atoms with E-state index in [1.807, 2.05) is 22.9 Å². The first-order valence-electron chi connectivity index (χ1n) is 5.25. The van der Waals surface area contributed by atoms with Crippen molar-refractivity contribution in [3.8, 4) is 0 Å². The van der Waals surface area contributed by atoms with Crippen LogP contribution in [0.25, 0.3) is 5.52 Å². The Morgan fingerprint density at radius 1 is 1.50 bits per heavy atom. The van der Waals surface area contributed by atoms with E-state index >= 15 is 0 Å². The molecule has 2 rings (SSSR count). The maximum atomic E-state index is 10.7. The van der Waals surface area contributed by atoms with Gasteiger partial charge in [-0.2, -0.15) is 0 Å². The number of nitrogens with zero attached hydrogens (tertiary/aromatic N) is 2. The van der Waals surface area contributed by atoms with Gasteiger partial charge in [-0.05, 0) is 18.6 Å². The standard InChI is InChI=1S/C12H14N2O2/c1-16-6-2-3-12-13-7-11-5-4-10(9-15)8-14(11)12/h4-5,7-9H,2-3,6H2,1H3. The molecule has 0 aliphatic heterocycles. The Labute approximate surface area is 93.9 Å². The Balaban J connectivity index is 2.27. The third-order valence-corrected chi connectivity index (χ3v) is 2.51. The second kappa shape index (κ2) is 4.90. The molecule has 16 heavy (non-hydrogen) atoms. The molecule has 84 valence electrons. The molecule has 0 spiro atoms. The summed E-state index contributed by atoms with van der Waals surface area (Å²) in [4.78, 5) is 15.0. The molecular weight excluding hydrogens is 204 g/mol. The van der Waals surface area contributed by atoms with Crippen molar-refractivity contribution in [1.29, 1.82) is 0 Å². The maximum Gasteiger partial charge on any atom is 0.151 e. The number of carbonyl (C=O) groups is 1. The molecule has 2 heterocycles. The number of imidazole rings is 1. The van der Waals surface area contributed by atoms with Crippen LogP contribution >= 0.6 is 0 Å². The largest absolute Gasteiger partial charge is 0.385 e. The van der Waals surface area contributed by atoms with E-state index in [1.165, 1.54) is 0 Å². The molecule has 4 nitrogen and oxygen atoms in total. The summed E-state index contributed by atoms with van der Waals surface area (Å²) >= 11 is 0. The first kappa shape index (κ1) is 10.8. The molecule has 0 N–H and O–H groups in total. The molecule has 0 aliphatic carbocycles. The zero-order valence-corrected chi connectivity index (χ0v) is 9.22. The summed E-state index contributed by atoms with van der Waals surface area (Å²) in [7, 11) is 1.69. The summed E-state index contributed by atoms with van der Waals surface area (Å²) in [6.07, 6.45) is 6.26. The highest BCUT2D eigenvalue weighted by molar-refractivity contribution is 5.75. The number of pyridine rings is 1. The van der Waals surface area contributed by atoms with Crippen molar-refractivity contribution in [2.24, 2.45) is 0 Å². The predicted molar refractivity (Wildman–Crippen MR) is 60.8 cm³/mol. The summed E-state index contributed by atoms with van der Waals surface area (Å²) in [6.45, 7) is 0.724. The minimum Gasteiger partial charge on any atom is -0.385 e. The lowest BCUT2D eigenvalue weighted by Crippen LogP contribution is -1.99. The van der Waals surface area contributed by atoms with E-state index in [1.54, 1.807) is 13.2 Å². The fourth-order valence-corrected chi connectivity index (χ4v) is 1.69. The molecule has 0 saturated carbocycles. The molecule has 0 fully saturated rings. The van der Waals surface area contributed by atoms with Crippen LogP contribution in [0.2, 0.25) is 0 Å². The number of methoxy groups -OCH3 is 1. The van der Waals surface area contributed by atoms with E-state index in [0.29, 0.717) is 5.56 Å². The van der Waals surface area contributed by atoms with E-state index in [0.717, 1.165) is 37.1 Å². The van der Waals surface area contributed by atoms with Crippen LogP contribution in [0.3, 0.4) is 0 Å². The Morgan fingerprint density at radius 3 is 3.12 bits per heavy atom. The Morgan fingerprint density at radius 2 is 2.38 bits per heavy atom. The molecule has 0 amide bonds. The molecular formula is C12H14N2O2. The van der Waals surface area contributed by atoms with Crippen LogP contribution in [0.4, 0.5) is 0 Å². The number of hydrogen-bond donors (Lipinski definition) is 0. The molecule has 0 atom stereocenters. The minimum atomic E-state index is 0.665. The SMILES string of the molecule is COCCCc1ncc2ccc(C=O)cn12. The second-order valence-corrected chi connectivity index (χ2v) is 3.65. The number of ether oxygens (including phenoxy) is 1. The summed E-state index contributed by atoms with van der Waals surface area (Å²) in [5, 5.41) is 0.